The van der Waals surface area contributed by atoms with E-state index in [-0.39, 0.29) is 0 Å². The summed E-state index contributed by atoms with van der Waals surface area (Å²) >= 11 is 2.23. The van der Waals surface area contributed by atoms with E-state index in [2.05, 4.69) is 32.5 Å². The van der Waals surface area contributed by atoms with Crippen molar-refractivity contribution in [1.82, 2.24) is 0 Å². The molecule has 1 nitrogen and oxygen atoms in total. The summed E-state index contributed by atoms with van der Waals surface area (Å²) in [6.07, 6.45) is 9.84. The number of unbranched alkanes of at least 4 members (excludes halogenated alkanes) is 1. The standard InChI is InChI=1S/C15H31NS/c1-13-7-6-8-14(11-13)17-10-5-4-9-15(2,3)12-16/h13-14H,4-12,16H2,1-3H3. The molecule has 0 bridgehead atoms. The van der Waals surface area contributed by atoms with Crippen LogP contribution in [0.15, 0.2) is 0 Å². The average Bonchev–Trinajstić information content (AvgIpc) is 2.29. The Morgan fingerprint density at radius 2 is 2.00 bits per heavy atom. The van der Waals surface area contributed by atoms with E-state index in [1.54, 1.807) is 0 Å². The molecule has 1 fully saturated rings. The van der Waals surface area contributed by atoms with Gasteiger partial charge in [-0.05, 0) is 49.3 Å². The van der Waals surface area contributed by atoms with Crippen molar-refractivity contribution in [3.05, 3.63) is 0 Å². The predicted octanol–water partition coefficient (Wildman–Crippen LogP) is 4.45. The van der Waals surface area contributed by atoms with E-state index < -0.39 is 0 Å². The predicted molar refractivity (Wildman–Crippen MR) is 80.6 cm³/mol. The van der Waals surface area contributed by atoms with E-state index in [0.29, 0.717) is 5.41 Å². The summed E-state index contributed by atoms with van der Waals surface area (Å²) in [5, 5.41) is 0.960. The van der Waals surface area contributed by atoms with E-state index in [1.165, 1.54) is 50.7 Å². The van der Waals surface area contributed by atoms with Crippen LogP contribution in [0.5, 0.6) is 0 Å². The molecule has 0 aliphatic heterocycles. The van der Waals surface area contributed by atoms with Gasteiger partial charge in [-0.1, -0.05) is 40.0 Å². The molecule has 0 saturated heterocycles. The molecule has 0 aromatic rings. The lowest BCUT2D eigenvalue weighted by molar-refractivity contribution is 0.336. The van der Waals surface area contributed by atoms with Gasteiger partial charge in [0, 0.05) is 5.25 Å². The molecule has 0 aromatic heterocycles. The summed E-state index contributed by atoms with van der Waals surface area (Å²) in [6, 6.07) is 0. The number of thioether (sulfide) groups is 1. The van der Waals surface area contributed by atoms with E-state index in [1.807, 2.05) is 0 Å². The van der Waals surface area contributed by atoms with Crippen molar-refractivity contribution in [3.63, 3.8) is 0 Å². The molecule has 2 N–H and O–H groups in total. The van der Waals surface area contributed by atoms with Gasteiger partial charge < -0.3 is 5.73 Å². The molecule has 2 heteroatoms. The molecule has 0 aromatic carbocycles. The van der Waals surface area contributed by atoms with Crippen molar-refractivity contribution >= 4 is 11.8 Å². The quantitative estimate of drug-likeness (QED) is 0.682. The minimum atomic E-state index is 0.351. The highest BCUT2D eigenvalue weighted by molar-refractivity contribution is 7.99. The maximum atomic E-state index is 5.75. The molecule has 1 aliphatic carbocycles. The zero-order valence-electron chi connectivity index (χ0n) is 12.0. The fourth-order valence-corrected chi connectivity index (χ4v) is 4.09. The Kier molecular flexibility index (Phi) is 6.94. The number of nitrogens with two attached hydrogens (primary N) is 1. The van der Waals surface area contributed by atoms with Crippen LogP contribution in [0.2, 0.25) is 0 Å². The fraction of sp³-hybridized carbons (Fsp3) is 1.00. The second kappa shape index (κ2) is 7.68. The van der Waals surface area contributed by atoms with Gasteiger partial charge in [0.25, 0.3) is 0 Å². The zero-order valence-corrected chi connectivity index (χ0v) is 12.8. The van der Waals surface area contributed by atoms with Crippen molar-refractivity contribution in [2.24, 2.45) is 17.1 Å². The summed E-state index contributed by atoms with van der Waals surface area (Å²) in [4.78, 5) is 0. The fourth-order valence-electron chi connectivity index (χ4n) is 2.59. The third-order valence-corrected chi connectivity index (χ3v) is 5.47. The molecule has 1 rings (SSSR count). The van der Waals surface area contributed by atoms with Gasteiger partial charge in [-0.15, -0.1) is 0 Å². The van der Waals surface area contributed by atoms with Crippen molar-refractivity contribution in [1.29, 1.82) is 0 Å². The Hall–Kier alpha value is 0.310. The molecule has 0 radical (unpaired) electrons. The third kappa shape index (κ3) is 6.71. The first-order valence-electron chi connectivity index (χ1n) is 7.35. The lowest BCUT2D eigenvalue weighted by atomic mass is 9.88. The molecule has 0 spiro atoms. The molecule has 1 aliphatic rings. The van der Waals surface area contributed by atoms with Crippen LogP contribution in [-0.4, -0.2) is 17.5 Å². The first-order chi connectivity index (χ1) is 8.03. The maximum Gasteiger partial charge on any atom is 0.00495 e. The van der Waals surface area contributed by atoms with Crippen LogP contribution in [0.1, 0.15) is 65.7 Å². The second-order valence-electron chi connectivity index (χ2n) is 6.59. The molecule has 2 atom stereocenters. The van der Waals surface area contributed by atoms with Gasteiger partial charge in [0.05, 0.1) is 0 Å². The highest BCUT2D eigenvalue weighted by Crippen LogP contribution is 2.32. The molecule has 0 amide bonds. The van der Waals surface area contributed by atoms with Gasteiger partial charge in [0.15, 0.2) is 0 Å². The molecular weight excluding hydrogens is 226 g/mol. The Bertz CT molecular complexity index is 203. The van der Waals surface area contributed by atoms with Gasteiger partial charge in [0.1, 0.15) is 0 Å². The summed E-state index contributed by atoms with van der Waals surface area (Å²) < 4.78 is 0. The maximum absolute atomic E-state index is 5.75. The monoisotopic (exact) mass is 257 g/mol. The summed E-state index contributed by atoms with van der Waals surface area (Å²) in [5.41, 5.74) is 6.10. The molecule has 1 saturated carbocycles. The lowest BCUT2D eigenvalue weighted by Gasteiger charge is -2.26. The molecule has 17 heavy (non-hydrogen) atoms. The van der Waals surface area contributed by atoms with Crippen LogP contribution < -0.4 is 5.73 Å². The first-order valence-corrected chi connectivity index (χ1v) is 8.40. The lowest BCUT2D eigenvalue weighted by Crippen LogP contribution is -2.23. The van der Waals surface area contributed by atoms with Crippen LogP contribution >= 0.6 is 11.8 Å². The van der Waals surface area contributed by atoms with Gasteiger partial charge in [-0.3, -0.25) is 0 Å². The summed E-state index contributed by atoms with van der Waals surface area (Å²) in [6.45, 7) is 7.79. The smallest absolute Gasteiger partial charge is 0.00495 e. The molecule has 2 unspecified atom stereocenters. The normalized spacial score (nSPS) is 26.1. The van der Waals surface area contributed by atoms with Crippen LogP contribution in [0, 0.1) is 11.3 Å². The van der Waals surface area contributed by atoms with Gasteiger partial charge >= 0.3 is 0 Å². The minimum Gasteiger partial charge on any atom is -0.330 e. The van der Waals surface area contributed by atoms with Crippen LogP contribution in [0.4, 0.5) is 0 Å². The van der Waals surface area contributed by atoms with Crippen LogP contribution in [0.25, 0.3) is 0 Å². The number of hydrogen-bond acceptors (Lipinski definition) is 2. The Balaban J connectivity index is 2.00. The summed E-state index contributed by atoms with van der Waals surface area (Å²) in [7, 11) is 0. The largest absolute Gasteiger partial charge is 0.330 e. The number of hydrogen-bond donors (Lipinski definition) is 1. The van der Waals surface area contributed by atoms with E-state index in [0.717, 1.165) is 17.7 Å². The average molecular weight is 257 g/mol. The van der Waals surface area contributed by atoms with Crippen molar-refractivity contribution in [2.75, 3.05) is 12.3 Å². The van der Waals surface area contributed by atoms with Gasteiger partial charge in [0.2, 0.25) is 0 Å². The zero-order chi connectivity index (χ0) is 12.7. The van der Waals surface area contributed by atoms with Crippen molar-refractivity contribution < 1.29 is 0 Å². The minimum absolute atomic E-state index is 0.351. The van der Waals surface area contributed by atoms with Crippen LogP contribution in [-0.2, 0) is 0 Å². The Morgan fingerprint density at radius 3 is 2.65 bits per heavy atom. The highest BCUT2D eigenvalue weighted by atomic mass is 32.2. The van der Waals surface area contributed by atoms with E-state index >= 15 is 0 Å². The van der Waals surface area contributed by atoms with E-state index in [9.17, 15) is 0 Å². The third-order valence-electron chi connectivity index (χ3n) is 4.04. The second-order valence-corrected chi connectivity index (χ2v) is 8.00. The topological polar surface area (TPSA) is 26.0 Å². The SMILES string of the molecule is CC1CCCC(SCCCCC(C)(C)CN)C1. The van der Waals surface area contributed by atoms with Crippen LogP contribution in [0.3, 0.4) is 0 Å². The molecule has 102 valence electrons. The Morgan fingerprint density at radius 1 is 1.24 bits per heavy atom. The Labute approximate surface area is 112 Å². The van der Waals surface area contributed by atoms with Crippen molar-refractivity contribution in [2.45, 2.75) is 71.0 Å². The van der Waals surface area contributed by atoms with Crippen molar-refractivity contribution in [3.8, 4) is 0 Å². The van der Waals surface area contributed by atoms with Gasteiger partial charge in [-0.25, -0.2) is 0 Å². The van der Waals surface area contributed by atoms with E-state index in [4.69, 9.17) is 5.73 Å². The molecule has 0 heterocycles. The first kappa shape index (κ1) is 15.4. The summed E-state index contributed by atoms with van der Waals surface area (Å²) in [5.74, 6) is 2.33. The number of rotatable bonds is 7. The molecular formula is C15H31NS. The highest BCUT2D eigenvalue weighted by Gasteiger charge is 2.19. The van der Waals surface area contributed by atoms with Gasteiger partial charge in [-0.2, -0.15) is 11.8 Å².